The summed E-state index contributed by atoms with van der Waals surface area (Å²) in [6.45, 7) is 3.07. The van der Waals surface area contributed by atoms with Gasteiger partial charge in [-0.05, 0) is 80.6 Å². The molecule has 0 radical (unpaired) electrons. The normalized spacial score (nSPS) is 13.8. The van der Waals surface area contributed by atoms with Crippen LogP contribution in [0.15, 0.2) is 70.9 Å². The molecule has 0 atom stereocenters. The molecule has 1 fully saturated rings. The van der Waals surface area contributed by atoms with Gasteiger partial charge in [0.2, 0.25) is 11.8 Å². The van der Waals surface area contributed by atoms with Gasteiger partial charge in [0.1, 0.15) is 17.1 Å². The van der Waals surface area contributed by atoms with Gasteiger partial charge in [-0.1, -0.05) is 25.3 Å². The predicted molar refractivity (Wildman–Crippen MR) is 178 cm³/mol. The highest BCUT2D eigenvalue weighted by atomic mass is 32.1. The summed E-state index contributed by atoms with van der Waals surface area (Å²) in [5.41, 5.74) is 3.31. The number of nitrogens with zero attached hydrogens (tertiary/aromatic N) is 2. The van der Waals surface area contributed by atoms with Gasteiger partial charge < -0.3 is 29.8 Å². The Labute approximate surface area is 274 Å². The predicted octanol–water partition coefficient (Wildman–Crippen LogP) is 7.00. The minimum Gasteiger partial charge on any atom is -0.478 e. The van der Waals surface area contributed by atoms with Gasteiger partial charge in [0.05, 0.1) is 29.3 Å². The number of carboxylic acids is 2. The van der Waals surface area contributed by atoms with Gasteiger partial charge in [-0.25, -0.2) is 14.6 Å². The first-order valence-corrected chi connectivity index (χ1v) is 16.2. The van der Waals surface area contributed by atoms with Crippen molar-refractivity contribution in [3.63, 3.8) is 0 Å². The van der Waals surface area contributed by atoms with Crippen LogP contribution in [0, 0.1) is 0 Å². The number of hydrogen-bond acceptors (Lipinski definition) is 7. The third-order valence-corrected chi connectivity index (χ3v) is 9.48. The molecule has 242 valence electrons. The van der Waals surface area contributed by atoms with E-state index in [0.29, 0.717) is 21.8 Å². The van der Waals surface area contributed by atoms with E-state index >= 15 is 0 Å². The van der Waals surface area contributed by atoms with Gasteiger partial charge in [-0.3, -0.25) is 9.59 Å². The van der Waals surface area contributed by atoms with Gasteiger partial charge >= 0.3 is 11.9 Å². The molecule has 3 heterocycles. The maximum Gasteiger partial charge on any atom is 0.355 e. The summed E-state index contributed by atoms with van der Waals surface area (Å²) >= 11 is 1.21. The Hall–Kier alpha value is -5.23. The number of aromatic nitrogens is 2. The highest BCUT2D eigenvalue weighted by molar-refractivity contribution is 7.13. The first-order chi connectivity index (χ1) is 22.5. The second-order valence-corrected chi connectivity index (χ2v) is 13.1. The Kier molecular flexibility index (Phi) is 8.69. The topological polar surface area (TPSA) is 164 Å². The summed E-state index contributed by atoms with van der Waals surface area (Å²) in [5.74, 6) is -2.77. The summed E-state index contributed by atoms with van der Waals surface area (Å²) in [4.78, 5) is 54.3. The first-order valence-electron chi connectivity index (χ1n) is 15.4. The van der Waals surface area contributed by atoms with E-state index in [4.69, 9.17) is 9.52 Å². The summed E-state index contributed by atoms with van der Waals surface area (Å²) in [7, 11) is 0. The molecule has 1 saturated carbocycles. The van der Waals surface area contributed by atoms with Crippen molar-refractivity contribution in [2.45, 2.75) is 64.0 Å². The van der Waals surface area contributed by atoms with Crippen molar-refractivity contribution < 1.29 is 33.8 Å². The second kappa shape index (κ2) is 12.9. The van der Waals surface area contributed by atoms with Crippen LogP contribution in [-0.2, 0) is 16.1 Å². The van der Waals surface area contributed by atoms with Crippen LogP contribution in [0.3, 0.4) is 0 Å². The number of anilines is 1. The minimum atomic E-state index is -1.31. The summed E-state index contributed by atoms with van der Waals surface area (Å²) in [6, 6.07) is 13.7. The van der Waals surface area contributed by atoms with Crippen molar-refractivity contribution >= 4 is 51.7 Å². The number of carboxylic acid groups (broad SMARTS) is 2. The van der Waals surface area contributed by atoms with E-state index in [1.807, 2.05) is 16.7 Å². The Morgan fingerprint density at radius 2 is 1.72 bits per heavy atom. The number of furan rings is 1. The SMILES string of the molecule is CC(C)(NC(=O)Cn1c(-c2ccoc2)c(C2CCCCC2)c2ccc(C(=O)O)cc21)C(=O)Nc1ccc(-c2nc(C(=O)O)cs2)cc1. The van der Waals surface area contributed by atoms with Crippen LogP contribution in [-0.4, -0.2) is 49.1 Å². The monoisotopic (exact) mass is 654 g/mol. The van der Waals surface area contributed by atoms with E-state index in [2.05, 4.69) is 15.6 Å². The number of carbonyl (C=O) groups is 4. The number of benzene rings is 2. The van der Waals surface area contributed by atoms with Crippen LogP contribution >= 0.6 is 11.3 Å². The molecule has 47 heavy (non-hydrogen) atoms. The largest absolute Gasteiger partial charge is 0.478 e. The minimum absolute atomic E-state index is 0.0304. The van der Waals surface area contributed by atoms with E-state index in [0.717, 1.165) is 47.9 Å². The fraction of sp³-hybridized carbons (Fsp3) is 0.286. The van der Waals surface area contributed by atoms with Gasteiger partial charge in [0, 0.05) is 27.6 Å². The highest BCUT2D eigenvalue weighted by Gasteiger charge is 2.32. The molecular weight excluding hydrogens is 620 g/mol. The van der Waals surface area contributed by atoms with Crippen LogP contribution in [0.5, 0.6) is 0 Å². The highest BCUT2D eigenvalue weighted by Crippen LogP contribution is 2.44. The van der Waals surface area contributed by atoms with Gasteiger partial charge in [0.15, 0.2) is 5.69 Å². The maximum atomic E-state index is 13.7. The van der Waals surface area contributed by atoms with Crippen LogP contribution in [0.2, 0.25) is 0 Å². The van der Waals surface area contributed by atoms with Crippen molar-refractivity contribution in [2.24, 2.45) is 0 Å². The summed E-state index contributed by atoms with van der Waals surface area (Å²) < 4.78 is 7.29. The van der Waals surface area contributed by atoms with E-state index in [9.17, 15) is 24.3 Å². The first kappa shape index (κ1) is 31.7. The van der Waals surface area contributed by atoms with E-state index in [-0.39, 0.29) is 23.7 Å². The second-order valence-electron chi connectivity index (χ2n) is 12.3. The van der Waals surface area contributed by atoms with Crippen LogP contribution in [0.4, 0.5) is 5.69 Å². The molecule has 12 heteroatoms. The lowest BCUT2D eigenvalue weighted by Gasteiger charge is -2.26. The van der Waals surface area contributed by atoms with Crippen molar-refractivity contribution in [1.29, 1.82) is 0 Å². The number of nitrogens with one attached hydrogen (secondary N) is 2. The molecule has 3 aromatic heterocycles. The van der Waals surface area contributed by atoms with Crippen LogP contribution < -0.4 is 10.6 Å². The van der Waals surface area contributed by atoms with Gasteiger partial charge in [0.25, 0.3) is 0 Å². The molecule has 11 nitrogen and oxygen atoms in total. The third-order valence-electron chi connectivity index (χ3n) is 8.59. The molecular formula is C35H34N4O7S. The Morgan fingerprint density at radius 1 is 0.979 bits per heavy atom. The average molecular weight is 655 g/mol. The molecule has 2 amide bonds. The number of hydrogen-bond donors (Lipinski definition) is 4. The molecule has 6 rings (SSSR count). The average Bonchev–Trinajstić information content (AvgIpc) is 3.81. The Bertz CT molecular complexity index is 1970. The van der Waals surface area contributed by atoms with E-state index < -0.39 is 29.3 Å². The van der Waals surface area contributed by atoms with Gasteiger partial charge in [-0.2, -0.15) is 0 Å². The fourth-order valence-corrected chi connectivity index (χ4v) is 7.06. The lowest BCUT2D eigenvalue weighted by atomic mass is 9.82. The molecule has 5 aromatic rings. The molecule has 0 bridgehead atoms. The zero-order chi connectivity index (χ0) is 33.3. The van der Waals surface area contributed by atoms with Crippen LogP contribution in [0.1, 0.15) is 78.3 Å². The molecule has 0 aliphatic heterocycles. The number of fused-ring (bicyclic) bond motifs is 1. The standard InChI is InChI=1S/C35H34N4O7S/c1-35(2,34(45)36-24-11-8-21(9-12-24)31-37-26(19-47-31)33(43)44)38-28(40)17-39-27-16-22(32(41)42)10-13-25(27)29(20-6-4-3-5-7-20)30(39)23-14-15-46-18-23/h8-16,18-20H,3-7,17H2,1-2H3,(H,36,45)(H,38,40)(H,41,42)(H,43,44). The fourth-order valence-electron chi connectivity index (χ4n) is 6.26. The third kappa shape index (κ3) is 6.54. The zero-order valence-corrected chi connectivity index (χ0v) is 26.7. The van der Waals surface area contributed by atoms with Gasteiger partial charge in [-0.15, -0.1) is 11.3 Å². The number of thiazole rings is 1. The summed E-state index contributed by atoms with van der Waals surface area (Å²) in [5, 5.41) is 27.5. The number of carbonyl (C=O) groups excluding carboxylic acids is 2. The zero-order valence-electron chi connectivity index (χ0n) is 25.9. The molecule has 1 aliphatic carbocycles. The maximum absolute atomic E-state index is 13.7. The lowest BCUT2D eigenvalue weighted by molar-refractivity contribution is -0.129. The van der Waals surface area contributed by atoms with Crippen molar-refractivity contribution in [2.75, 3.05) is 5.32 Å². The Balaban J connectivity index is 1.25. The van der Waals surface area contributed by atoms with E-state index in [1.54, 1.807) is 62.8 Å². The van der Waals surface area contributed by atoms with Crippen molar-refractivity contribution in [3.05, 3.63) is 83.3 Å². The number of amides is 2. The summed E-state index contributed by atoms with van der Waals surface area (Å²) in [6.07, 6.45) is 8.57. The molecule has 0 saturated heterocycles. The quantitative estimate of drug-likeness (QED) is 0.125. The van der Waals surface area contributed by atoms with Crippen molar-refractivity contribution in [1.82, 2.24) is 14.9 Å². The molecule has 0 unspecified atom stereocenters. The smallest absolute Gasteiger partial charge is 0.355 e. The Morgan fingerprint density at radius 3 is 2.36 bits per heavy atom. The number of aromatic carboxylic acids is 2. The van der Waals surface area contributed by atoms with Crippen LogP contribution in [0.25, 0.3) is 32.7 Å². The molecule has 2 aromatic carbocycles. The van der Waals surface area contributed by atoms with E-state index in [1.165, 1.54) is 23.1 Å². The number of rotatable bonds is 10. The van der Waals surface area contributed by atoms with Crippen molar-refractivity contribution in [3.8, 4) is 21.8 Å². The molecule has 1 aliphatic rings. The lowest BCUT2D eigenvalue weighted by Crippen LogP contribution is -2.53. The molecule has 4 N–H and O–H groups in total. The molecule has 0 spiro atoms.